The number of hydrogen-bond acceptors (Lipinski definition) is 7. The van der Waals surface area contributed by atoms with Crippen LogP contribution >= 0.6 is 0 Å². The average Bonchev–Trinajstić information content (AvgIpc) is 2.91. The van der Waals surface area contributed by atoms with Crippen molar-refractivity contribution < 1.29 is 14.4 Å². The molecule has 0 aliphatic carbocycles. The quantitative estimate of drug-likeness (QED) is 0.330. The van der Waals surface area contributed by atoms with Crippen LogP contribution < -0.4 is 15.7 Å². The van der Waals surface area contributed by atoms with Crippen molar-refractivity contribution >= 4 is 33.5 Å². The average molecular weight is 481 g/mol. The number of pyridine rings is 1. The van der Waals surface area contributed by atoms with E-state index in [0.29, 0.717) is 17.6 Å². The number of fused-ring (bicyclic) bond motifs is 2. The van der Waals surface area contributed by atoms with Gasteiger partial charge in [-0.1, -0.05) is 66.7 Å². The van der Waals surface area contributed by atoms with E-state index in [1.807, 2.05) is 66.7 Å². The topological polar surface area (TPSA) is 95.3 Å². The van der Waals surface area contributed by atoms with Gasteiger partial charge in [-0.15, -0.1) is 4.73 Å². The third-order valence-corrected chi connectivity index (χ3v) is 5.77. The molecule has 1 N–H and O–H groups in total. The summed E-state index contributed by atoms with van der Waals surface area (Å²) in [6, 6.07) is 23.6. The molecule has 0 radical (unpaired) electrons. The number of aromatic nitrogens is 3. The second kappa shape index (κ2) is 10.3. The van der Waals surface area contributed by atoms with Crippen molar-refractivity contribution in [3.05, 3.63) is 112 Å². The predicted octanol–water partition coefficient (Wildman–Crippen LogP) is 4.36. The molecule has 5 rings (SSSR count). The van der Waals surface area contributed by atoms with E-state index in [0.717, 1.165) is 26.6 Å². The van der Waals surface area contributed by atoms with Crippen molar-refractivity contribution in [2.45, 2.75) is 20.1 Å². The maximum Gasteiger partial charge on any atom is 0.346 e. The van der Waals surface area contributed by atoms with Crippen LogP contribution in [0.4, 0.5) is 5.69 Å². The maximum absolute atomic E-state index is 13.6. The number of rotatable bonds is 8. The van der Waals surface area contributed by atoms with Gasteiger partial charge in [-0.3, -0.25) is 4.79 Å². The summed E-state index contributed by atoms with van der Waals surface area (Å²) in [5.74, 6) is -0.744. The van der Waals surface area contributed by atoms with Crippen molar-refractivity contribution in [1.82, 2.24) is 14.7 Å². The number of esters is 1. The number of nitrogens with zero attached hydrogens (tertiary/aromatic N) is 3. The van der Waals surface area contributed by atoms with Gasteiger partial charge >= 0.3 is 11.5 Å². The van der Waals surface area contributed by atoms with Gasteiger partial charge in [0.25, 0.3) is 0 Å². The minimum absolute atomic E-state index is 0.117. The number of hydrogen-bond donors (Lipinski definition) is 1. The van der Waals surface area contributed by atoms with Crippen LogP contribution in [0.3, 0.4) is 0 Å². The molecule has 8 nitrogen and oxygen atoms in total. The molecule has 8 heteroatoms. The van der Waals surface area contributed by atoms with Crippen LogP contribution in [0.1, 0.15) is 28.4 Å². The first-order valence-electron chi connectivity index (χ1n) is 11.6. The fourth-order valence-electron chi connectivity index (χ4n) is 4.05. The molecule has 2 aromatic heterocycles. The van der Waals surface area contributed by atoms with Gasteiger partial charge in [-0.05, 0) is 34.9 Å². The normalized spacial score (nSPS) is 10.9. The molecule has 0 aliphatic rings. The summed E-state index contributed by atoms with van der Waals surface area (Å²) < 4.78 is 6.28. The summed E-state index contributed by atoms with van der Waals surface area (Å²) in [6.45, 7) is 2.30. The highest BCUT2D eigenvalue weighted by Crippen LogP contribution is 2.25. The monoisotopic (exact) mass is 480 g/mol. The maximum atomic E-state index is 13.6. The number of ether oxygens (including phenoxy) is 1. The van der Waals surface area contributed by atoms with Crippen LogP contribution in [0.2, 0.25) is 0 Å². The first-order valence-corrected chi connectivity index (χ1v) is 11.6. The van der Waals surface area contributed by atoms with E-state index in [4.69, 9.17) is 9.57 Å². The fraction of sp³-hybridized carbons (Fsp3) is 0.143. The Balaban J connectivity index is 1.57. The first-order chi connectivity index (χ1) is 17.7. The SMILES string of the molecule is CCOC(=O)c1c(NCc2ccc3ccccc3c2)c2cncnc2n(OCc2ccccc2)c1=O. The first kappa shape index (κ1) is 23.0. The Morgan fingerprint density at radius 3 is 2.56 bits per heavy atom. The summed E-state index contributed by atoms with van der Waals surface area (Å²) in [7, 11) is 0. The van der Waals surface area contributed by atoms with E-state index in [-0.39, 0.29) is 24.4 Å². The molecule has 0 saturated carbocycles. The Labute approximate surface area is 207 Å². The predicted molar refractivity (Wildman–Crippen MR) is 138 cm³/mol. The van der Waals surface area contributed by atoms with Crippen molar-refractivity contribution in [2.75, 3.05) is 11.9 Å². The highest BCUT2D eigenvalue weighted by Gasteiger charge is 2.25. The zero-order valence-corrected chi connectivity index (χ0v) is 19.7. The van der Waals surface area contributed by atoms with Gasteiger partial charge in [0, 0.05) is 12.7 Å². The van der Waals surface area contributed by atoms with Gasteiger partial charge in [-0.2, -0.15) is 0 Å². The summed E-state index contributed by atoms with van der Waals surface area (Å²) in [4.78, 5) is 40.8. The van der Waals surface area contributed by atoms with Crippen LogP contribution in [-0.4, -0.2) is 27.3 Å². The summed E-state index contributed by atoms with van der Waals surface area (Å²) in [5, 5.41) is 5.96. The van der Waals surface area contributed by atoms with E-state index in [1.54, 1.807) is 13.1 Å². The lowest BCUT2D eigenvalue weighted by molar-refractivity contribution is 0.0513. The highest BCUT2D eigenvalue weighted by molar-refractivity contribution is 6.04. The molecule has 0 unspecified atom stereocenters. The highest BCUT2D eigenvalue weighted by atomic mass is 16.7. The third kappa shape index (κ3) is 4.61. The number of carbonyl (C=O) groups is 1. The standard InChI is InChI=1S/C28H24N4O4/c1-2-35-28(34)24-25(30-15-20-12-13-21-10-6-7-11-22(21)14-20)23-16-29-18-31-26(23)32(27(24)33)36-17-19-8-4-3-5-9-19/h3-14,16,18,30H,2,15,17H2,1H3. The Kier molecular flexibility index (Phi) is 6.57. The summed E-state index contributed by atoms with van der Waals surface area (Å²) in [6.07, 6.45) is 2.89. The third-order valence-electron chi connectivity index (χ3n) is 5.77. The lowest BCUT2D eigenvalue weighted by Gasteiger charge is -2.17. The van der Waals surface area contributed by atoms with Gasteiger partial charge < -0.3 is 14.9 Å². The van der Waals surface area contributed by atoms with E-state index in [1.165, 1.54) is 6.33 Å². The van der Waals surface area contributed by atoms with E-state index >= 15 is 0 Å². The lowest BCUT2D eigenvalue weighted by atomic mass is 10.1. The summed E-state index contributed by atoms with van der Waals surface area (Å²) >= 11 is 0. The fourth-order valence-corrected chi connectivity index (χ4v) is 4.05. The molecule has 180 valence electrons. The Morgan fingerprint density at radius 1 is 0.972 bits per heavy atom. The molecule has 36 heavy (non-hydrogen) atoms. The molecule has 0 fully saturated rings. The Morgan fingerprint density at radius 2 is 1.75 bits per heavy atom. The molecule has 2 heterocycles. The smallest absolute Gasteiger partial charge is 0.346 e. The number of anilines is 1. The molecule has 0 spiro atoms. The Bertz CT molecular complexity index is 1600. The number of carbonyl (C=O) groups excluding carboxylic acids is 1. The molecule has 5 aromatic rings. The molecular weight excluding hydrogens is 456 g/mol. The van der Waals surface area contributed by atoms with Crippen LogP contribution in [0.5, 0.6) is 0 Å². The van der Waals surface area contributed by atoms with Gasteiger partial charge in [0.2, 0.25) is 0 Å². The second-order valence-corrected chi connectivity index (χ2v) is 8.12. The Hall–Kier alpha value is -4.72. The molecule has 0 amide bonds. The zero-order valence-electron chi connectivity index (χ0n) is 19.7. The molecule has 0 saturated heterocycles. The zero-order chi connectivity index (χ0) is 24.9. The minimum atomic E-state index is -0.744. The van der Waals surface area contributed by atoms with Crippen LogP contribution in [0.15, 0.2) is 90.1 Å². The largest absolute Gasteiger partial charge is 0.462 e. The van der Waals surface area contributed by atoms with Crippen LogP contribution in [0.25, 0.3) is 21.8 Å². The molecule has 0 atom stereocenters. The van der Waals surface area contributed by atoms with Crippen molar-refractivity contribution in [3.63, 3.8) is 0 Å². The van der Waals surface area contributed by atoms with Gasteiger partial charge in [0.15, 0.2) is 11.2 Å². The van der Waals surface area contributed by atoms with Crippen molar-refractivity contribution in [1.29, 1.82) is 0 Å². The molecule has 3 aromatic carbocycles. The minimum Gasteiger partial charge on any atom is -0.462 e. The van der Waals surface area contributed by atoms with Crippen molar-refractivity contribution in [2.24, 2.45) is 0 Å². The van der Waals surface area contributed by atoms with Crippen molar-refractivity contribution in [3.8, 4) is 0 Å². The molecule has 0 bridgehead atoms. The molecule has 0 aliphatic heterocycles. The summed E-state index contributed by atoms with van der Waals surface area (Å²) in [5.41, 5.74) is 1.59. The van der Waals surface area contributed by atoms with E-state index in [2.05, 4.69) is 21.4 Å². The second-order valence-electron chi connectivity index (χ2n) is 8.12. The van der Waals surface area contributed by atoms with E-state index < -0.39 is 11.5 Å². The molecular formula is C28H24N4O4. The van der Waals surface area contributed by atoms with Gasteiger partial charge in [0.05, 0.1) is 17.7 Å². The van der Waals surface area contributed by atoms with Gasteiger partial charge in [-0.25, -0.2) is 14.8 Å². The van der Waals surface area contributed by atoms with E-state index in [9.17, 15) is 9.59 Å². The van der Waals surface area contributed by atoms with Crippen LogP contribution in [-0.2, 0) is 17.9 Å². The van der Waals surface area contributed by atoms with Crippen LogP contribution in [0, 0.1) is 0 Å². The number of benzene rings is 3. The number of nitrogens with one attached hydrogen (secondary N) is 1. The lowest BCUT2D eigenvalue weighted by Crippen LogP contribution is -2.34. The van der Waals surface area contributed by atoms with Gasteiger partial charge in [0.1, 0.15) is 12.9 Å².